The van der Waals surface area contributed by atoms with E-state index in [9.17, 15) is 0 Å². The molecule has 13 heavy (non-hydrogen) atoms. The summed E-state index contributed by atoms with van der Waals surface area (Å²) in [4.78, 5) is 0. The van der Waals surface area contributed by atoms with Crippen LogP contribution in [0.5, 0.6) is 0 Å². The molecule has 0 radical (unpaired) electrons. The molecule has 0 atom stereocenters. The third kappa shape index (κ3) is 9.30. The molecule has 0 saturated carbocycles. The zero-order chi connectivity index (χ0) is 10.5. The maximum absolute atomic E-state index is 5.80. The molecule has 0 spiro atoms. The summed E-state index contributed by atoms with van der Waals surface area (Å²) in [5.41, 5.74) is 0. The highest BCUT2D eigenvalue weighted by Gasteiger charge is 2.24. The highest BCUT2D eigenvalue weighted by molar-refractivity contribution is 7.56. The molecule has 0 unspecified atom stereocenters. The van der Waals surface area contributed by atoms with Crippen LogP contribution in [0, 0.1) is 0 Å². The van der Waals surface area contributed by atoms with E-state index in [-0.39, 0.29) is 15.8 Å². The van der Waals surface area contributed by atoms with E-state index in [4.69, 9.17) is 8.85 Å². The zero-order valence-electron chi connectivity index (χ0n) is 9.63. The van der Waals surface area contributed by atoms with Gasteiger partial charge in [0.2, 0.25) is 0 Å². The summed E-state index contributed by atoms with van der Waals surface area (Å²) in [5.74, 6) is 0. The summed E-state index contributed by atoms with van der Waals surface area (Å²) in [5, 5.41) is 0. The van der Waals surface area contributed by atoms with E-state index in [0.29, 0.717) is 0 Å². The van der Waals surface area contributed by atoms with E-state index in [0.717, 1.165) is 12.7 Å². The fourth-order valence-corrected chi connectivity index (χ4v) is 5.25. The van der Waals surface area contributed by atoms with Crippen LogP contribution in [0.3, 0.4) is 0 Å². The van der Waals surface area contributed by atoms with Gasteiger partial charge in [-0.3, -0.25) is 0 Å². The van der Waals surface area contributed by atoms with Crippen LogP contribution in [-0.4, -0.2) is 47.9 Å². The van der Waals surface area contributed by atoms with Gasteiger partial charge in [-0.2, -0.15) is 0 Å². The molecule has 0 aromatic carbocycles. The van der Waals surface area contributed by atoms with Crippen molar-refractivity contribution in [2.24, 2.45) is 0 Å². The Morgan fingerprint density at radius 2 is 1.15 bits per heavy atom. The third-order valence-electron chi connectivity index (χ3n) is 1.34. The number of rotatable bonds is 6. The molecule has 0 aromatic rings. The number of hydrogen-bond donors (Lipinski definition) is 0. The first-order valence-corrected chi connectivity index (χ1v) is 12.1. The Bertz CT molecular complexity index is 126. The van der Waals surface area contributed by atoms with Crippen molar-refractivity contribution in [2.75, 3.05) is 39.4 Å². The van der Waals surface area contributed by atoms with Crippen molar-refractivity contribution in [3.8, 4) is 0 Å². The average molecular weight is 240 g/mol. The van der Waals surface area contributed by atoms with E-state index in [1.807, 2.05) is 0 Å². The van der Waals surface area contributed by atoms with Crippen molar-refractivity contribution in [2.45, 2.75) is 13.1 Å². The van der Waals surface area contributed by atoms with Crippen LogP contribution in [0.4, 0.5) is 0 Å². The highest BCUT2D eigenvalue weighted by atomic mass is 31.1. The van der Waals surface area contributed by atoms with Gasteiger partial charge >= 0.3 is 8.56 Å². The minimum absolute atomic E-state index is 0.0469. The molecule has 5 heteroatoms. The molecule has 0 heterocycles. The molecule has 0 amide bonds. The lowest BCUT2D eigenvalue weighted by Crippen LogP contribution is -2.34. The molecular weight excluding hydrogens is 218 g/mol. The van der Waals surface area contributed by atoms with E-state index < -0.39 is 8.56 Å². The quantitative estimate of drug-likeness (QED) is 0.524. The molecule has 0 aromatic heterocycles. The molecule has 2 nitrogen and oxygen atoms in total. The monoisotopic (exact) mass is 240 g/mol. The van der Waals surface area contributed by atoms with Crippen molar-refractivity contribution in [3.05, 3.63) is 0 Å². The second-order valence-corrected chi connectivity index (χ2v) is 12.3. The van der Waals surface area contributed by atoms with Gasteiger partial charge < -0.3 is 8.85 Å². The summed E-state index contributed by atoms with van der Waals surface area (Å²) in [6.07, 6.45) is 1.78. The Morgan fingerprint density at radius 1 is 0.846 bits per heavy atom. The maximum atomic E-state index is 5.80. The molecule has 0 aliphatic rings. The van der Waals surface area contributed by atoms with E-state index in [1.165, 1.54) is 0 Å². The van der Waals surface area contributed by atoms with Gasteiger partial charge in [0.1, 0.15) is 0 Å². The van der Waals surface area contributed by atoms with Gasteiger partial charge in [-0.05, 0) is 39.8 Å². The predicted molar refractivity (Wildman–Crippen MR) is 66.9 cm³/mol. The summed E-state index contributed by atoms with van der Waals surface area (Å²) >= 11 is 0. The molecular formula is C8H22O2P2Si. The van der Waals surface area contributed by atoms with Gasteiger partial charge in [-0.25, -0.2) is 0 Å². The van der Waals surface area contributed by atoms with Crippen LogP contribution in [-0.2, 0) is 8.85 Å². The molecule has 0 N–H and O–H groups in total. The lowest BCUT2D eigenvalue weighted by molar-refractivity contribution is 0.235. The molecule has 0 saturated heterocycles. The third-order valence-corrected chi connectivity index (χ3v) is 4.80. The number of hydrogen-bond acceptors (Lipinski definition) is 2. The average Bonchev–Trinajstić information content (AvgIpc) is 1.98. The lowest BCUT2D eigenvalue weighted by Gasteiger charge is -2.25. The first kappa shape index (κ1) is 14.0. The SMILES string of the molecule is CP(C)CO[Si](C)(C)OCP(C)C. The lowest BCUT2D eigenvalue weighted by atomic mass is 11.7. The van der Waals surface area contributed by atoms with E-state index in [2.05, 4.69) is 39.8 Å². The van der Waals surface area contributed by atoms with Gasteiger partial charge in [0, 0.05) is 0 Å². The second kappa shape index (κ2) is 6.47. The van der Waals surface area contributed by atoms with Gasteiger partial charge in [0.15, 0.2) is 0 Å². The summed E-state index contributed by atoms with van der Waals surface area (Å²) in [6.45, 7) is 13.2. The van der Waals surface area contributed by atoms with Crippen LogP contribution in [0.15, 0.2) is 0 Å². The Balaban J connectivity index is 3.66. The molecule has 80 valence electrons. The van der Waals surface area contributed by atoms with Crippen LogP contribution < -0.4 is 0 Å². The van der Waals surface area contributed by atoms with Crippen molar-refractivity contribution in [1.82, 2.24) is 0 Å². The van der Waals surface area contributed by atoms with Crippen LogP contribution >= 0.6 is 15.8 Å². The molecule has 0 bridgehead atoms. The highest BCUT2D eigenvalue weighted by Crippen LogP contribution is 2.29. The molecule has 0 aliphatic heterocycles. The topological polar surface area (TPSA) is 18.5 Å². The minimum atomic E-state index is -1.80. The van der Waals surface area contributed by atoms with Crippen LogP contribution in [0.25, 0.3) is 0 Å². The zero-order valence-corrected chi connectivity index (χ0v) is 12.4. The normalized spacial score (nSPS) is 12.9. The van der Waals surface area contributed by atoms with Gasteiger partial charge in [-0.15, -0.1) is 0 Å². The second-order valence-electron chi connectivity index (χ2n) is 4.11. The van der Waals surface area contributed by atoms with Gasteiger partial charge in [-0.1, -0.05) is 15.8 Å². The fourth-order valence-electron chi connectivity index (χ4n) is 0.611. The predicted octanol–water partition coefficient (Wildman–Crippen LogP) is 3.12. The standard InChI is InChI=1S/C8H22O2P2Si/c1-11(2)7-9-13(5,6)10-8-12(3)4/h7-8H2,1-6H3. The smallest absolute Gasteiger partial charge is 0.332 e. The summed E-state index contributed by atoms with van der Waals surface area (Å²) in [6, 6.07) is 0. The Kier molecular flexibility index (Phi) is 6.97. The largest absolute Gasteiger partial charge is 0.390 e. The van der Waals surface area contributed by atoms with Gasteiger partial charge in [0.05, 0.1) is 12.7 Å². The van der Waals surface area contributed by atoms with Crippen molar-refractivity contribution >= 4 is 24.4 Å². The van der Waals surface area contributed by atoms with Crippen molar-refractivity contribution < 1.29 is 8.85 Å². The Morgan fingerprint density at radius 3 is 1.38 bits per heavy atom. The fraction of sp³-hybridized carbons (Fsp3) is 1.00. The Hall–Kier alpha value is 0.997. The molecule has 0 aliphatic carbocycles. The molecule has 0 rings (SSSR count). The van der Waals surface area contributed by atoms with Crippen LogP contribution in [0.2, 0.25) is 13.1 Å². The van der Waals surface area contributed by atoms with E-state index >= 15 is 0 Å². The minimum Gasteiger partial charge on any atom is -0.390 e. The van der Waals surface area contributed by atoms with E-state index in [1.54, 1.807) is 0 Å². The van der Waals surface area contributed by atoms with Gasteiger partial charge in [0.25, 0.3) is 0 Å². The first-order valence-electron chi connectivity index (χ1n) is 4.41. The van der Waals surface area contributed by atoms with Crippen molar-refractivity contribution in [3.63, 3.8) is 0 Å². The summed E-state index contributed by atoms with van der Waals surface area (Å²) < 4.78 is 11.6. The maximum Gasteiger partial charge on any atom is 0.332 e. The first-order chi connectivity index (χ1) is 5.83. The van der Waals surface area contributed by atoms with Crippen LogP contribution in [0.1, 0.15) is 0 Å². The Labute approximate surface area is 86.1 Å². The molecule has 0 fully saturated rings. The summed E-state index contributed by atoms with van der Waals surface area (Å²) in [7, 11) is -1.70. The van der Waals surface area contributed by atoms with Crippen molar-refractivity contribution in [1.29, 1.82) is 0 Å².